The molecule has 0 saturated carbocycles. The summed E-state index contributed by atoms with van der Waals surface area (Å²) >= 11 is 1.28. The number of halogens is 1. The van der Waals surface area contributed by atoms with Crippen molar-refractivity contribution in [3.63, 3.8) is 0 Å². The smallest absolute Gasteiger partial charge is 0.232 e. The number of aromatic nitrogens is 4. The standard InChI is InChI=1S/C22H21FN6O2S/c1-22(5-8-32-21(24)28-22)15-9-14(3-4-16(15)23)10-18(30)17-11-27-20(12-26-17)31-13-19-25-6-7-29(19)2/h3-9,11-12H,10,13H2,1-2H3,(H2,24,28)/t22-/m0/s1. The predicted molar refractivity (Wildman–Crippen MR) is 120 cm³/mol. The van der Waals surface area contributed by atoms with Gasteiger partial charge in [0.05, 0.1) is 12.4 Å². The molecule has 3 heterocycles. The third-order valence-electron chi connectivity index (χ3n) is 5.05. The highest BCUT2D eigenvalue weighted by Crippen LogP contribution is 2.34. The van der Waals surface area contributed by atoms with Crippen LogP contribution in [0.5, 0.6) is 5.88 Å². The van der Waals surface area contributed by atoms with Gasteiger partial charge in [0.2, 0.25) is 5.88 Å². The summed E-state index contributed by atoms with van der Waals surface area (Å²) in [4.78, 5) is 29.6. The maximum Gasteiger partial charge on any atom is 0.232 e. The van der Waals surface area contributed by atoms with E-state index in [-0.39, 0.29) is 24.5 Å². The van der Waals surface area contributed by atoms with E-state index in [0.717, 1.165) is 5.82 Å². The highest BCUT2D eigenvalue weighted by atomic mass is 32.2. The molecule has 0 spiro atoms. The Labute approximate surface area is 188 Å². The molecule has 164 valence electrons. The Balaban J connectivity index is 1.45. The Morgan fingerprint density at radius 3 is 2.81 bits per heavy atom. The molecule has 2 N–H and O–H groups in total. The molecular weight excluding hydrogens is 431 g/mol. The van der Waals surface area contributed by atoms with E-state index in [1.807, 2.05) is 17.8 Å². The van der Waals surface area contributed by atoms with Crippen molar-refractivity contribution in [2.75, 3.05) is 0 Å². The van der Waals surface area contributed by atoms with Crippen molar-refractivity contribution >= 4 is 22.7 Å². The van der Waals surface area contributed by atoms with Crippen LogP contribution in [0.4, 0.5) is 4.39 Å². The van der Waals surface area contributed by atoms with E-state index in [1.54, 1.807) is 36.7 Å². The SMILES string of the molecule is Cn1ccnc1COc1cnc(C(=O)Cc2ccc(F)c([C@]3(C)C=CSC(N)=N3)c2)cn1. The number of rotatable bonds is 7. The van der Waals surface area contributed by atoms with Crippen LogP contribution < -0.4 is 10.5 Å². The number of nitrogens with zero attached hydrogens (tertiary/aromatic N) is 5. The molecule has 1 aliphatic heterocycles. The molecule has 0 radical (unpaired) electrons. The van der Waals surface area contributed by atoms with Crippen LogP contribution in [-0.4, -0.2) is 30.5 Å². The summed E-state index contributed by atoms with van der Waals surface area (Å²) in [5.41, 5.74) is 6.08. The number of ketones is 1. The predicted octanol–water partition coefficient (Wildman–Crippen LogP) is 3.14. The lowest BCUT2D eigenvalue weighted by Gasteiger charge is -2.26. The third-order valence-corrected chi connectivity index (χ3v) is 5.65. The number of carbonyl (C=O) groups excluding carboxylic acids is 1. The van der Waals surface area contributed by atoms with Crippen molar-refractivity contribution in [2.45, 2.75) is 25.5 Å². The number of amidine groups is 1. The molecule has 10 heteroatoms. The van der Waals surface area contributed by atoms with Crippen LogP contribution in [-0.2, 0) is 25.6 Å². The molecule has 0 amide bonds. The number of hydrogen-bond donors (Lipinski definition) is 1. The summed E-state index contributed by atoms with van der Waals surface area (Å²) in [6, 6.07) is 4.55. The molecule has 32 heavy (non-hydrogen) atoms. The summed E-state index contributed by atoms with van der Waals surface area (Å²) in [5.74, 6) is 0.378. The van der Waals surface area contributed by atoms with Crippen molar-refractivity contribution in [1.82, 2.24) is 19.5 Å². The number of carbonyl (C=O) groups is 1. The van der Waals surface area contributed by atoms with Crippen molar-refractivity contribution < 1.29 is 13.9 Å². The molecule has 0 bridgehead atoms. The van der Waals surface area contributed by atoms with E-state index in [4.69, 9.17) is 10.5 Å². The molecule has 4 rings (SSSR count). The number of Topliss-reactive ketones (excluding diaryl/α,β-unsaturated/α-hetero) is 1. The van der Waals surface area contributed by atoms with Crippen LogP contribution in [0.3, 0.4) is 0 Å². The number of aliphatic imine (C=N–C) groups is 1. The number of benzene rings is 1. The van der Waals surface area contributed by atoms with Gasteiger partial charge in [0, 0.05) is 31.4 Å². The fourth-order valence-corrected chi connectivity index (χ4v) is 3.95. The number of imidazole rings is 1. The molecule has 1 aliphatic rings. The van der Waals surface area contributed by atoms with E-state index in [1.165, 1.54) is 30.2 Å². The Hall–Kier alpha value is -3.53. The lowest BCUT2D eigenvalue weighted by molar-refractivity contribution is 0.0987. The minimum atomic E-state index is -0.926. The molecule has 2 aromatic heterocycles. The van der Waals surface area contributed by atoms with Crippen molar-refractivity contribution in [1.29, 1.82) is 0 Å². The van der Waals surface area contributed by atoms with Crippen LogP contribution >= 0.6 is 11.8 Å². The van der Waals surface area contributed by atoms with Crippen LogP contribution in [0.15, 0.2) is 59.5 Å². The second kappa shape index (κ2) is 8.91. The molecule has 0 aliphatic carbocycles. The second-order valence-corrected chi connectivity index (χ2v) is 8.34. The maximum atomic E-state index is 14.6. The lowest BCUT2D eigenvalue weighted by Crippen LogP contribution is -2.25. The molecule has 0 fully saturated rings. The normalized spacial score (nSPS) is 17.8. The first-order valence-electron chi connectivity index (χ1n) is 9.77. The quantitative estimate of drug-likeness (QED) is 0.549. The highest BCUT2D eigenvalue weighted by molar-refractivity contribution is 8.16. The van der Waals surface area contributed by atoms with Crippen LogP contribution in [0.2, 0.25) is 0 Å². The highest BCUT2D eigenvalue weighted by Gasteiger charge is 2.29. The van der Waals surface area contributed by atoms with Gasteiger partial charge < -0.3 is 15.0 Å². The molecular formula is C22H21FN6O2S. The first-order chi connectivity index (χ1) is 15.3. The minimum Gasteiger partial charge on any atom is -0.468 e. The molecule has 1 atom stereocenters. The molecule has 0 saturated heterocycles. The van der Waals surface area contributed by atoms with Gasteiger partial charge in [0.1, 0.15) is 29.5 Å². The molecule has 0 unspecified atom stereocenters. The Morgan fingerprint density at radius 2 is 2.12 bits per heavy atom. The number of hydrogen-bond acceptors (Lipinski definition) is 8. The summed E-state index contributed by atoms with van der Waals surface area (Å²) in [5, 5.41) is 2.14. The van der Waals surface area contributed by atoms with Crippen molar-refractivity contribution in [3.05, 3.63) is 82.9 Å². The number of thioether (sulfide) groups is 1. The average molecular weight is 453 g/mol. The third kappa shape index (κ3) is 4.70. The summed E-state index contributed by atoms with van der Waals surface area (Å²) in [6.07, 6.45) is 8.09. The number of nitrogens with two attached hydrogens (primary N) is 1. The summed E-state index contributed by atoms with van der Waals surface area (Å²) in [7, 11) is 1.87. The largest absolute Gasteiger partial charge is 0.468 e. The molecule has 8 nitrogen and oxygen atoms in total. The van der Waals surface area contributed by atoms with Gasteiger partial charge in [-0.25, -0.2) is 24.3 Å². The van der Waals surface area contributed by atoms with Crippen LogP contribution in [0.1, 0.15) is 34.4 Å². The van der Waals surface area contributed by atoms with Gasteiger partial charge in [-0.15, -0.1) is 0 Å². The fourth-order valence-electron chi connectivity index (χ4n) is 3.23. The summed E-state index contributed by atoms with van der Waals surface area (Å²) in [6.45, 7) is 2.01. The van der Waals surface area contributed by atoms with Gasteiger partial charge in [-0.3, -0.25) is 4.79 Å². The van der Waals surface area contributed by atoms with Gasteiger partial charge in [0.15, 0.2) is 11.0 Å². The number of aryl methyl sites for hydroxylation is 1. The zero-order valence-corrected chi connectivity index (χ0v) is 18.3. The Kier molecular flexibility index (Phi) is 6.04. The maximum absolute atomic E-state index is 14.6. The van der Waals surface area contributed by atoms with E-state index in [0.29, 0.717) is 22.2 Å². The van der Waals surface area contributed by atoms with Crippen LogP contribution in [0.25, 0.3) is 0 Å². The lowest BCUT2D eigenvalue weighted by atomic mass is 9.90. The first-order valence-corrected chi connectivity index (χ1v) is 10.6. The van der Waals surface area contributed by atoms with Crippen molar-refractivity contribution in [2.24, 2.45) is 17.8 Å². The number of ether oxygens (including phenoxy) is 1. The minimum absolute atomic E-state index is 0.0448. The van der Waals surface area contributed by atoms with E-state index in [2.05, 4.69) is 19.9 Å². The second-order valence-electron chi connectivity index (χ2n) is 7.42. The molecule has 1 aromatic carbocycles. The van der Waals surface area contributed by atoms with Crippen molar-refractivity contribution in [3.8, 4) is 5.88 Å². The van der Waals surface area contributed by atoms with Gasteiger partial charge in [-0.1, -0.05) is 17.8 Å². The Morgan fingerprint density at radius 1 is 1.28 bits per heavy atom. The van der Waals surface area contributed by atoms with Gasteiger partial charge >= 0.3 is 0 Å². The first kappa shape index (κ1) is 21.7. The molecule has 3 aromatic rings. The monoisotopic (exact) mass is 452 g/mol. The Bertz CT molecular complexity index is 1210. The van der Waals surface area contributed by atoms with Crippen LogP contribution in [0, 0.1) is 5.82 Å². The van der Waals surface area contributed by atoms with Gasteiger partial charge in [0.25, 0.3) is 0 Å². The van der Waals surface area contributed by atoms with E-state index in [9.17, 15) is 9.18 Å². The van der Waals surface area contributed by atoms with Gasteiger partial charge in [-0.2, -0.15) is 0 Å². The topological polar surface area (TPSA) is 108 Å². The average Bonchev–Trinajstić information content (AvgIpc) is 3.18. The van der Waals surface area contributed by atoms with E-state index < -0.39 is 11.4 Å². The zero-order chi connectivity index (χ0) is 22.7. The van der Waals surface area contributed by atoms with E-state index >= 15 is 0 Å². The zero-order valence-electron chi connectivity index (χ0n) is 17.5. The van der Waals surface area contributed by atoms with Gasteiger partial charge in [-0.05, 0) is 36.1 Å². The fraction of sp³-hybridized carbons (Fsp3) is 0.227. The summed E-state index contributed by atoms with van der Waals surface area (Å²) < 4.78 is 21.9.